The van der Waals surface area contributed by atoms with Crippen LogP contribution in [0.3, 0.4) is 0 Å². The molecule has 0 radical (unpaired) electrons. The molecule has 0 amide bonds. The summed E-state index contributed by atoms with van der Waals surface area (Å²) in [5, 5.41) is 3.41. The van der Waals surface area contributed by atoms with Gasteiger partial charge in [0.15, 0.2) is 0 Å². The molecule has 2 heterocycles. The van der Waals surface area contributed by atoms with Gasteiger partial charge in [0.2, 0.25) is 0 Å². The van der Waals surface area contributed by atoms with Crippen molar-refractivity contribution in [3.05, 3.63) is 0 Å². The van der Waals surface area contributed by atoms with E-state index in [9.17, 15) is 0 Å². The third-order valence-corrected chi connectivity index (χ3v) is 2.92. The fourth-order valence-electron chi connectivity index (χ4n) is 2.20. The topological polar surface area (TPSA) is 24.5 Å². The lowest BCUT2D eigenvalue weighted by Crippen LogP contribution is -2.50. The second kappa shape index (κ2) is 3.73. The Labute approximate surface area is 74.1 Å². The standard InChI is InChI=1S/C9H18N2O/c1-8-7-12-5-4-11(8)9-2-3-10-6-9/h8-10H,2-7H2,1H3. The summed E-state index contributed by atoms with van der Waals surface area (Å²) in [5.74, 6) is 0. The van der Waals surface area contributed by atoms with Crippen LogP contribution < -0.4 is 5.32 Å². The highest BCUT2D eigenvalue weighted by Gasteiger charge is 2.28. The van der Waals surface area contributed by atoms with Crippen molar-refractivity contribution >= 4 is 0 Å². The third-order valence-electron chi connectivity index (χ3n) is 2.92. The highest BCUT2D eigenvalue weighted by molar-refractivity contribution is 4.85. The molecule has 0 spiro atoms. The van der Waals surface area contributed by atoms with Crippen molar-refractivity contribution in [2.45, 2.75) is 25.4 Å². The second-order valence-corrected chi connectivity index (χ2v) is 3.81. The first-order chi connectivity index (χ1) is 5.88. The maximum atomic E-state index is 5.41. The number of hydrogen-bond donors (Lipinski definition) is 1. The Morgan fingerprint density at radius 3 is 3.08 bits per heavy atom. The van der Waals surface area contributed by atoms with Crippen LogP contribution in [0.4, 0.5) is 0 Å². The minimum Gasteiger partial charge on any atom is -0.379 e. The van der Waals surface area contributed by atoms with E-state index in [2.05, 4.69) is 17.1 Å². The largest absolute Gasteiger partial charge is 0.379 e. The molecule has 3 heteroatoms. The van der Waals surface area contributed by atoms with Gasteiger partial charge >= 0.3 is 0 Å². The fourth-order valence-corrected chi connectivity index (χ4v) is 2.20. The van der Waals surface area contributed by atoms with Gasteiger partial charge in [0.05, 0.1) is 13.2 Å². The molecule has 0 aromatic heterocycles. The van der Waals surface area contributed by atoms with E-state index in [1.807, 2.05) is 0 Å². The summed E-state index contributed by atoms with van der Waals surface area (Å²) >= 11 is 0. The predicted molar refractivity (Wildman–Crippen MR) is 48.3 cm³/mol. The van der Waals surface area contributed by atoms with Crippen molar-refractivity contribution in [1.29, 1.82) is 0 Å². The quantitative estimate of drug-likeness (QED) is 0.602. The number of ether oxygens (including phenoxy) is 1. The minimum atomic E-state index is 0.614. The zero-order valence-corrected chi connectivity index (χ0v) is 7.75. The first kappa shape index (κ1) is 8.48. The van der Waals surface area contributed by atoms with Crippen LogP contribution in [0.2, 0.25) is 0 Å². The van der Waals surface area contributed by atoms with Gasteiger partial charge in [-0.05, 0) is 19.9 Å². The van der Waals surface area contributed by atoms with Gasteiger partial charge in [0.1, 0.15) is 0 Å². The molecule has 12 heavy (non-hydrogen) atoms. The molecule has 70 valence electrons. The second-order valence-electron chi connectivity index (χ2n) is 3.81. The molecule has 0 aromatic carbocycles. The van der Waals surface area contributed by atoms with E-state index in [4.69, 9.17) is 4.74 Å². The average Bonchev–Trinajstić information content (AvgIpc) is 2.57. The smallest absolute Gasteiger partial charge is 0.0619 e. The molecule has 0 saturated carbocycles. The lowest BCUT2D eigenvalue weighted by molar-refractivity contribution is -0.0180. The molecule has 2 fully saturated rings. The molecule has 2 aliphatic heterocycles. The Balaban J connectivity index is 1.91. The van der Waals surface area contributed by atoms with Crippen LogP contribution in [0.25, 0.3) is 0 Å². The predicted octanol–water partition coefficient (Wildman–Crippen LogP) is 0.0690. The maximum Gasteiger partial charge on any atom is 0.0619 e. The number of hydrogen-bond acceptors (Lipinski definition) is 3. The van der Waals surface area contributed by atoms with E-state index < -0.39 is 0 Å². The van der Waals surface area contributed by atoms with Crippen molar-refractivity contribution in [2.75, 3.05) is 32.8 Å². The van der Waals surface area contributed by atoms with Gasteiger partial charge in [0.25, 0.3) is 0 Å². The van der Waals surface area contributed by atoms with Crippen LogP contribution in [0.15, 0.2) is 0 Å². The van der Waals surface area contributed by atoms with Crippen LogP contribution >= 0.6 is 0 Å². The van der Waals surface area contributed by atoms with E-state index in [0.717, 1.165) is 25.8 Å². The number of morpholine rings is 1. The van der Waals surface area contributed by atoms with E-state index in [1.54, 1.807) is 0 Å². The minimum absolute atomic E-state index is 0.614. The van der Waals surface area contributed by atoms with Crippen molar-refractivity contribution in [3.8, 4) is 0 Å². The van der Waals surface area contributed by atoms with Crippen molar-refractivity contribution in [1.82, 2.24) is 10.2 Å². The molecule has 2 atom stereocenters. The van der Waals surface area contributed by atoms with Crippen LogP contribution in [0.1, 0.15) is 13.3 Å². The van der Waals surface area contributed by atoms with Crippen LogP contribution in [0.5, 0.6) is 0 Å². The lowest BCUT2D eigenvalue weighted by atomic mass is 10.1. The summed E-state index contributed by atoms with van der Waals surface area (Å²) in [4.78, 5) is 2.59. The summed E-state index contributed by atoms with van der Waals surface area (Å²) < 4.78 is 5.41. The van der Waals surface area contributed by atoms with Crippen LogP contribution in [-0.4, -0.2) is 49.8 Å². The number of nitrogens with one attached hydrogen (secondary N) is 1. The zero-order chi connectivity index (χ0) is 8.39. The Kier molecular flexibility index (Phi) is 2.63. The normalized spacial score (nSPS) is 38.8. The summed E-state index contributed by atoms with van der Waals surface area (Å²) in [7, 11) is 0. The Bertz CT molecular complexity index is 145. The van der Waals surface area contributed by atoms with Gasteiger partial charge in [-0.1, -0.05) is 0 Å². The first-order valence-electron chi connectivity index (χ1n) is 4.92. The average molecular weight is 170 g/mol. The monoisotopic (exact) mass is 170 g/mol. The molecule has 3 nitrogen and oxygen atoms in total. The molecule has 0 aromatic rings. The van der Waals surface area contributed by atoms with Crippen molar-refractivity contribution < 1.29 is 4.74 Å². The summed E-state index contributed by atoms with van der Waals surface area (Å²) in [5.41, 5.74) is 0. The first-order valence-corrected chi connectivity index (χ1v) is 4.92. The molecular formula is C9H18N2O. The van der Waals surface area contributed by atoms with Gasteiger partial charge in [-0.3, -0.25) is 4.90 Å². The Morgan fingerprint density at radius 1 is 1.50 bits per heavy atom. The van der Waals surface area contributed by atoms with Crippen LogP contribution in [0, 0.1) is 0 Å². The van der Waals surface area contributed by atoms with Gasteiger partial charge in [-0.2, -0.15) is 0 Å². The molecule has 0 aliphatic carbocycles. The van der Waals surface area contributed by atoms with Gasteiger partial charge < -0.3 is 10.1 Å². The molecule has 2 saturated heterocycles. The molecule has 2 aliphatic rings. The fraction of sp³-hybridized carbons (Fsp3) is 1.00. The Hall–Kier alpha value is -0.120. The van der Waals surface area contributed by atoms with Crippen molar-refractivity contribution in [3.63, 3.8) is 0 Å². The van der Waals surface area contributed by atoms with E-state index >= 15 is 0 Å². The van der Waals surface area contributed by atoms with E-state index in [1.165, 1.54) is 19.5 Å². The third kappa shape index (κ3) is 1.63. The van der Waals surface area contributed by atoms with Crippen LogP contribution in [-0.2, 0) is 4.74 Å². The summed E-state index contributed by atoms with van der Waals surface area (Å²) in [6, 6.07) is 1.38. The van der Waals surface area contributed by atoms with Crippen molar-refractivity contribution in [2.24, 2.45) is 0 Å². The molecule has 0 bridgehead atoms. The lowest BCUT2D eigenvalue weighted by Gasteiger charge is -2.37. The molecule has 2 rings (SSSR count). The van der Waals surface area contributed by atoms with Gasteiger partial charge in [-0.15, -0.1) is 0 Å². The maximum absolute atomic E-state index is 5.41. The number of rotatable bonds is 1. The highest BCUT2D eigenvalue weighted by Crippen LogP contribution is 2.15. The van der Waals surface area contributed by atoms with Gasteiger partial charge in [-0.25, -0.2) is 0 Å². The zero-order valence-electron chi connectivity index (χ0n) is 7.75. The summed E-state index contributed by atoms with van der Waals surface area (Å²) in [6.45, 7) is 7.57. The van der Waals surface area contributed by atoms with E-state index in [-0.39, 0.29) is 0 Å². The molecular weight excluding hydrogens is 152 g/mol. The summed E-state index contributed by atoms with van der Waals surface area (Å²) in [6.07, 6.45) is 1.31. The molecule has 1 N–H and O–H groups in total. The number of nitrogens with zero attached hydrogens (tertiary/aromatic N) is 1. The highest BCUT2D eigenvalue weighted by atomic mass is 16.5. The Morgan fingerprint density at radius 2 is 2.42 bits per heavy atom. The van der Waals surface area contributed by atoms with Gasteiger partial charge in [0, 0.05) is 25.2 Å². The molecule has 2 unspecified atom stereocenters. The SMILES string of the molecule is CC1COCCN1C1CCNC1. The van der Waals surface area contributed by atoms with E-state index in [0.29, 0.717) is 6.04 Å².